The van der Waals surface area contributed by atoms with Gasteiger partial charge in [0.15, 0.2) is 11.4 Å². The smallest absolute Gasteiger partial charge is 0.291 e. The molecule has 0 aliphatic rings. The molecule has 5 rings (SSSR count). The molecule has 0 saturated heterocycles. The fraction of sp³-hybridized carbons (Fsp3) is 0.0417. The molecule has 0 saturated carbocycles. The van der Waals surface area contributed by atoms with E-state index in [1.165, 1.54) is 6.26 Å². The molecule has 0 unspecified atom stereocenters. The molecule has 10 heteroatoms. The molecule has 3 N–H and O–H groups in total. The number of carbonyl (C=O) groups is 2. The van der Waals surface area contributed by atoms with Gasteiger partial charge in [-0.15, -0.1) is 0 Å². The van der Waals surface area contributed by atoms with Crippen molar-refractivity contribution in [3.8, 4) is 22.5 Å². The fourth-order valence-electron chi connectivity index (χ4n) is 3.40. The van der Waals surface area contributed by atoms with Gasteiger partial charge in [-0.2, -0.15) is 0 Å². The van der Waals surface area contributed by atoms with E-state index in [9.17, 15) is 9.59 Å². The number of halogens is 1. The molecule has 0 aliphatic carbocycles. The van der Waals surface area contributed by atoms with E-state index in [0.29, 0.717) is 39.0 Å². The summed E-state index contributed by atoms with van der Waals surface area (Å²) in [7, 11) is 1.56. The van der Waals surface area contributed by atoms with E-state index < -0.39 is 0 Å². The van der Waals surface area contributed by atoms with Crippen molar-refractivity contribution in [2.45, 2.75) is 0 Å². The molecule has 0 fully saturated rings. The Labute approximate surface area is 198 Å². The molecule has 168 valence electrons. The number of carbonyl (C=O) groups excluding carboxylic acids is 2. The highest BCUT2D eigenvalue weighted by atomic mass is 35.5. The van der Waals surface area contributed by atoms with Gasteiger partial charge in [0.05, 0.1) is 16.8 Å². The van der Waals surface area contributed by atoms with Gasteiger partial charge >= 0.3 is 0 Å². The largest absolute Gasteiger partial charge is 0.459 e. The van der Waals surface area contributed by atoms with Crippen LogP contribution in [0, 0.1) is 0 Å². The predicted molar refractivity (Wildman–Crippen MR) is 128 cm³/mol. The van der Waals surface area contributed by atoms with E-state index in [4.69, 9.17) is 16.0 Å². The molecule has 4 aromatic heterocycles. The molecule has 0 spiro atoms. The third-order valence-electron chi connectivity index (χ3n) is 5.12. The van der Waals surface area contributed by atoms with E-state index in [0.717, 1.165) is 11.1 Å². The van der Waals surface area contributed by atoms with Crippen LogP contribution in [-0.2, 0) is 0 Å². The second kappa shape index (κ2) is 8.80. The normalized spacial score (nSPS) is 10.9. The van der Waals surface area contributed by atoms with Gasteiger partial charge in [0.2, 0.25) is 0 Å². The van der Waals surface area contributed by atoms with Crippen molar-refractivity contribution in [3.05, 3.63) is 83.7 Å². The minimum atomic E-state index is -0.370. The number of benzene rings is 1. The molecule has 2 amide bonds. The van der Waals surface area contributed by atoms with Crippen molar-refractivity contribution in [3.63, 3.8) is 0 Å². The van der Waals surface area contributed by atoms with Crippen LogP contribution in [0.15, 0.2) is 71.6 Å². The number of amides is 2. The zero-order valence-corrected chi connectivity index (χ0v) is 18.6. The summed E-state index contributed by atoms with van der Waals surface area (Å²) < 4.78 is 5.13. The fourth-order valence-corrected chi connectivity index (χ4v) is 3.60. The summed E-state index contributed by atoms with van der Waals surface area (Å²) in [4.78, 5) is 40.4. The van der Waals surface area contributed by atoms with Crippen molar-refractivity contribution in [1.29, 1.82) is 0 Å². The van der Waals surface area contributed by atoms with Crippen molar-refractivity contribution in [2.75, 3.05) is 12.4 Å². The van der Waals surface area contributed by atoms with Gasteiger partial charge in [0.1, 0.15) is 11.5 Å². The Morgan fingerprint density at radius 2 is 1.85 bits per heavy atom. The predicted octanol–water partition coefficient (Wildman–Crippen LogP) is 4.55. The number of nitrogens with one attached hydrogen (secondary N) is 3. The third kappa shape index (κ3) is 4.12. The Morgan fingerprint density at radius 3 is 2.59 bits per heavy atom. The summed E-state index contributed by atoms with van der Waals surface area (Å²) >= 11 is 6.42. The maximum atomic E-state index is 12.3. The Bertz CT molecular complexity index is 1510. The number of furan rings is 1. The minimum Gasteiger partial charge on any atom is -0.459 e. The van der Waals surface area contributed by atoms with E-state index in [2.05, 4.69) is 30.6 Å². The molecule has 9 nitrogen and oxygen atoms in total. The van der Waals surface area contributed by atoms with Gasteiger partial charge in [0.25, 0.3) is 11.8 Å². The van der Waals surface area contributed by atoms with Crippen molar-refractivity contribution >= 4 is 40.3 Å². The van der Waals surface area contributed by atoms with Crippen LogP contribution in [0.25, 0.3) is 33.7 Å². The molecule has 34 heavy (non-hydrogen) atoms. The average molecular weight is 473 g/mol. The van der Waals surface area contributed by atoms with Crippen molar-refractivity contribution < 1.29 is 14.0 Å². The van der Waals surface area contributed by atoms with Crippen LogP contribution in [0.4, 0.5) is 5.69 Å². The molecular formula is C24H17ClN6O3. The quantitative estimate of drug-likeness (QED) is 0.344. The van der Waals surface area contributed by atoms with Crippen molar-refractivity contribution in [2.24, 2.45) is 0 Å². The number of pyridine rings is 2. The first-order valence-corrected chi connectivity index (χ1v) is 10.6. The van der Waals surface area contributed by atoms with Crippen LogP contribution in [0.2, 0.25) is 5.02 Å². The Kier molecular flexibility index (Phi) is 5.52. The summed E-state index contributed by atoms with van der Waals surface area (Å²) in [5.41, 5.74) is 4.30. The number of hydrogen-bond donors (Lipinski definition) is 3. The number of aromatic amines is 1. The van der Waals surface area contributed by atoms with Gasteiger partial charge < -0.3 is 20.0 Å². The summed E-state index contributed by atoms with van der Waals surface area (Å²) in [6.45, 7) is 0. The third-order valence-corrected chi connectivity index (χ3v) is 5.45. The lowest BCUT2D eigenvalue weighted by Crippen LogP contribution is -2.18. The van der Waals surface area contributed by atoms with E-state index >= 15 is 0 Å². The highest BCUT2D eigenvalue weighted by molar-refractivity contribution is 6.33. The topological polar surface area (TPSA) is 126 Å². The first-order chi connectivity index (χ1) is 16.5. The highest BCUT2D eigenvalue weighted by Gasteiger charge is 2.14. The second-order valence-electron chi connectivity index (χ2n) is 7.32. The molecule has 5 aromatic rings. The first-order valence-electron chi connectivity index (χ1n) is 10.2. The zero-order chi connectivity index (χ0) is 23.7. The van der Waals surface area contributed by atoms with Crippen LogP contribution in [0.3, 0.4) is 0 Å². The monoisotopic (exact) mass is 472 g/mol. The van der Waals surface area contributed by atoms with Gasteiger partial charge in [-0.3, -0.25) is 14.6 Å². The Balaban J connectivity index is 1.44. The molecule has 1 aromatic carbocycles. The number of hydrogen-bond acceptors (Lipinski definition) is 6. The summed E-state index contributed by atoms with van der Waals surface area (Å²) in [5.74, 6) is 0.0877. The van der Waals surface area contributed by atoms with Crippen molar-refractivity contribution in [1.82, 2.24) is 25.3 Å². The van der Waals surface area contributed by atoms with Crippen LogP contribution < -0.4 is 10.6 Å². The number of imidazole rings is 1. The van der Waals surface area contributed by atoms with Crippen LogP contribution >= 0.6 is 11.6 Å². The highest BCUT2D eigenvalue weighted by Crippen LogP contribution is 2.31. The van der Waals surface area contributed by atoms with E-state index in [1.54, 1.807) is 61.9 Å². The zero-order valence-electron chi connectivity index (χ0n) is 17.8. The molecule has 4 heterocycles. The van der Waals surface area contributed by atoms with Gasteiger partial charge in [-0.25, -0.2) is 9.97 Å². The van der Waals surface area contributed by atoms with Crippen LogP contribution in [0.5, 0.6) is 0 Å². The molecular weight excluding hydrogens is 456 g/mol. The SMILES string of the molecule is CNC(=O)c1ccc(-c2cnc3nc(-c4cc(NC(=O)c5ccco5)ccc4Cl)[nH]c3c2)cn1. The summed E-state index contributed by atoms with van der Waals surface area (Å²) in [6.07, 6.45) is 4.74. The second-order valence-corrected chi connectivity index (χ2v) is 7.73. The standard InChI is InChI=1S/C24H17ClN6O3/c1-26-23(32)18-7-4-13(11-27-18)14-9-19-22(28-12-14)31-21(30-19)16-10-15(5-6-17(16)25)29-24(33)20-3-2-8-34-20/h2-12H,1H3,(H,26,32)(H,29,33)(H,28,30,31). The lowest BCUT2D eigenvalue weighted by Gasteiger charge is -2.07. The number of fused-ring (bicyclic) bond motifs is 1. The number of anilines is 1. The Hall–Kier alpha value is -4.50. The summed E-state index contributed by atoms with van der Waals surface area (Å²) in [5, 5.41) is 5.78. The maximum Gasteiger partial charge on any atom is 0.291 e. The lowest BCUT2D eigenvalue weighted by molar-refractivity contribution is 0.0956. The number of aromatic nitrogens is 4. The van der Waals surface area contributed by atoms with Crippen LogP contribution in [-0.4, -0.2) is 38.8 Å². The van der Waals surface area contributed by atoms with E-state index in [-0.39, 0.29) is 17.6 Å². The first kappa shape index (κ1) is 21.4. The minimum absolute atomic E-state index is 0.204. The van der Waals surface area contributed by atoms with Gasteiger partial charge in [0, 0.05) is 41.8 Å². The lowest BCUT2D eigenvalue weighted by atomic mass is 10.1. The van der Waals surface area contributed by atoms with E-state index in [1.807, 2.05) is 6.07 Å². The molecule has 0 atom stereocenters. The van der Waals surface area contributed by atoms with Gasteiger partial charge in [-0.1, -0.05) is 17.7 Å². The number of rotatable bonds is 5. The average Bonchev–Trinajstić information content (AvgIpc) is 3.54. The van der Waals surface area contributed by atoms with Gasteiger partial charge in [-0.05, 0) is 42.5 Å². The molecule has 0 radical (unpaired) electrons. The molecule has 0 bridgehead atoms. The summed E-state index contributed by atoms with van der Waals surface area (Å²) in [6, 6.07) is 13.7. The number of H-pyrrole nitrogens is 1. The number of nitrogens with zero attached hydrogens (tertiary/aromatic N) is 3. The maximum absolute atomic E-state index is 12.3. The Morgan fingerprint density at radius 1 is 1.00 bits per heavy atom. The molecule has 0 aliphatic heterocycles. The van der Waals surface area contributed by atoms with Crippen LogP contribution in [0.1, 0.15) is 21.0 Å².